The highest BCUT2D eigenvalue weighted by Gasteiger charge is 2.28. The minimum Gasteiger partial charge on any atom is -0.497 e. The number of hydrogen-bond donors (Lipinski definition) is 0. The summed E-state index contributed by atoms with van der Waals surface area (Å²) < 4.78 is 26.6. The van der Waals surface area contributed by atoms with Gasteiger partial charge in [0.2, 0.25) is 16.6 Å². The third-order valence-corrected chi connectivity index (χ3v) is 4.54. The van der Waals surface area contributed by atoms with E-state index in [0.29, 0.717) is 39.9 Å². The third kappa shape index (κ3) is 2.94. The van der Waals surface area contributed by atoms with Crippen molar-refractivity contribution < 1.29 is 23.7 Å². The molecule has 0 saturated heterocycles. The summed E-state index contributed by atoms with van der Waals surface area (Å²) in [6.45, 7) is 0. The molecule has 3 aromatic rings. The van der Waals surface area contributed by atoms with Crippen molar-refractivity contribution in [3.8, 4) is 51.0 Å². The number of methoxy groups -OCH3 is 5. The fourth-order valence-corrected chi connectivity index (χ4v) is 3.15. The van der Waals surface area contributed by atoms with Crippen LogP contribution in [0.1, 0.15) is 0 Å². The molecule has 3 rings (SSSR count). The molecule has 0 fully saturated rings. The first-order valence-electron chi connectivity index (χ1n) is 8.36. The van der Waals surface area contributed by atoms with Crippen molar-refractivity contribution >= 4 is 0 Å². The van der Waals surface area contributed by atoms with E-state index in [1.807, 2.05) is 0 Å². The molecule has 0 saturated carbocycles. The van der Waals surface area contributed by atoms with Crippen molar-refractivity contribution in [3.63, 3.8) is 0 Å². The number of rotatable bonds is 7. The Kier molecular flexibility index (Phi) is 5.26. The molecule has 0 N–H and O–H groups in total. The second kappa shape index (κ2) is 7.64. The van der Waals surface area contributed by atoms with Crippen LogP contribution in [0.15, 0.2) is 39.9 Å². The average Bonchev–Trinajstić information content (AvgIpc) is 2.75. The highest BCUT2D eigenvalue weighted by Crippen LogP contribution is 2.43. The Hall–Kier alpha value is -3.48. The summed E-state index contributed by atoms with van der Waals surface area (Å²) in [7, 11) is 7.48. The van der Waals surface area contributed by atoms with E-state index in [1.165, 1.54) is 35.5 Å². The molecular weight excluding hydrogens is 364 g/mol. The molecule has 7 heteroatoms. The van der Waals surface area contributed by atoms with Gasteiger partial charge >= 0.3 is 0 Å². The fourth-order valence-electron chi connectivity index (χ4n) is 3.15. The molecule has 28 heavy (non-hydrogen) atoms. The standard InChI is InChI=1S/C21H20O7/c1-24-12-6-7-13(14(10-12)25-2)18-17(19(22)20(18)23)11-8-15(26-3)21(28-5)16(9-11)27-4/h6-10H,1-5H3. The van der Waals surface area contributed by atoms with Crippen LogP contribution in [0.5, 0.6) is 28.7 Å². The summed E-state index contributed by atoms with van der Waals surface area (Å²) >= 11 is 0. The van der Waals surface area contributed by atoms with Crippen LogP contribution in [-0.4, -0.2) is 35.5 Å². The topological polar surface area (TPSA) is 80.3 Å². The Bertz CT molecular complexity index is 1070. The number of benzene rings is 2. The maximum Gasteiger partial charge on any atom is 0.235 e. The first-order valence-corrected chi connectivity index (χ1v) is 8.36. The Balaban J connectivity index is 2.24. The van der Waals surface area contributed by atoms with Gasteiger partial charge in [0.1, 0.15) is 11.5 Å². The Morgan fingerprint density at radius 2 is 1.18 bits per heavy atom. The molecule has 0 bridgehead atoms. The van der Waals surface area contributed by atoms with Crippen molar-refractivity contribution in [1.82, 2.24) is 0 Å². The first kappa shape index (κ1) is 19.3. The lowest BCUT2D eigenvalue weighted by atomic mass is 9.88. The lowest BCUT2D eigenvalue weighted by Gasteiger charge is -2.18. The monoisotopic (exact) mass is 384 g/mol. The fraction of sp³-hybridized carbons (Fsp3) is 0.238. The normalized spacial score (nSPS) is 10.6. The van der Waals surface area contributed by atoms with Gasteiger partial charge in [-0.25, -0.2) is 0 Å². The Morgan fingerprint density at radius 1 is 0.607 bits per heavy atom. The van der Waals surface area contributed by atoms with Crippen molar-refractivity contribution in [1.29, 1.82) is 0 Å². The zero-order chi connectivity index (χ0) is 20.4. The van der Waals surface area contributed by atoms with E-state index < -0.39 is 10.9 Å². The smallest absolute Gasteiger partial charge is 0.235 e. The van der Waals surface area contributed by atoms with Crippen LogP contribution >= 0.6 is 0 Å². The van der Waals surface area contributed by atoms with Gasteiger partial charge < -0.3 is 23.7 Å². The van der Waals surface area contributed by atoms with Crippen molar-refractivity contribution in [2.45, 2.75) is 0 Å². The maximum atomic E-state index is 12.4. The highest BCUT2D eigenvalue weighted by atomic mass is 16.5. The molecule has 0 atom stereocenters. The van der Waals surface area contributed by atoms with E-state index in [9.17, 15) is 9.59 Å². The zero-order valence-electron chi connectivity index (χ0n) is 16.2. The Morgan fingerprint density at radius 3 is 1.68 bits per heavy atom. The first-order chi connectivity index (χ1) is 13.5. The Labute approximate surface area is 161 Å². The molecule has 0 aliphatic carbocycles. The molecule has 0 aliphatic rings. The predicted molar refractivity (Wildman–Crippen MR) is 105 cm³/mol. The quantitative estimate of drug-likeness (QED) is 0.579. The summed E-state index contributed by atoms with van der Waals surface area (Å²) in [5.41, 5.74) is 0.393. The lowest BCUT2D eigenvalue weighted by Crippen LogP contribution is -2.35. The van der Waals surface area contributed by atoms with Gasteiger partial charge in [0, 0.05) is 22.8 Å². The van der Waals surface area contributed by atoms with Crippen molar-refractivity contribution in [3.05, 3.63) is 50.8 Å². The molecule has 0 amide bonds. The van der Waals surface area contributed by atoms with Gasteiger partial charge in [0.15, 0.2) is 11.5 Å². The lowest BCUT2D eigenvalue weighted by molar-refractivity contribution is 0.324. The molecule has 0 unspecified atom stereocenters. The maximum absolute atomic E-state index is 12.4. The van der Waals surface area contributed by atoms with Crippen LogP contribution in [-0.2, 0) is 0 Å². The van der Waals surface area contributed by atoms with Crippen LogP contribution in [0, 0.1) is 0 Å². The predicted octanol–water partition coefficient (Wildman–Crippen LogP) is 2.66. The van der Waals surface area contributed by atoms with E-state index >= 15 is 0 Å². The van der Waals surface area contributed by atoms with Crippen molar-refractivity contribution in [2.75, 3.05) is 35.5 Å². The van der Waals surface area contributed by atoms with Gasteiger partial charge in [-0.3, -0.25) is 9.59 Å². The molecular formula is C21H20O7. The van der Waals surface area contributed by atoms with Gasteiger partial charge in [0.25, 0.3) is 0 Å². The number of ether oxygens (including phenoxy) is 5. The van der Waals surface area contributed by atoms with Gasteiger partial charge in [0.05, 0.1) is 35.5 Å². The molecule has 7 nitrogen and oxygen atoms in total. The van der Waals surface area contributed by atoms with E-state index in [1.54, 1.807) is 30.3 Å². The van der Waals surface area contributed by atoms with E-state index in [0.717, 1.165) is 0 Å². The van der Waals surface area contributed by atoms with Gasteiger partial charge in [-0.1, -0.05) is 0 Å². The van der Waals surface area contributed by atoms with Gasteiger partial charge in [-0.05, 0) is 29.8 Å². The summed E-state index contributed by atoms with van der Waals surface area (Å²) in [5, 5.41) is 0. The number of hydrogen-bond acceptors (Lipinski definition) is 7. The minimum absolute atomic E-state index is 0.271. The van der Waals surface area contributed by atoms with Crippen LogP contribution in [0.4, 0.5) is 0 Å². The second-order valence-electron chi connectivity index (χ2n) is 5.89. The molecule has 0 spiro atoms. The minimum atomic E-state index is -0.581. The van der Waals surface area contributed by atoms with Crippen LogP contribution in [0.2, 0.25) is 0 Å². The summed E-state index contributed by atoms with van der Waals surface area (Å²) in [5.74, 6) is 2.18. The summed E-state index contributed by atoms with van der Waals surface area (Å²) in [6, 6.07) is 8.32. The summed E-state index contributed by atoms with van der Waals surface area (Å²) in [4.78, 5) is 24.9. The molecule has 0 radical (unpaired) electrons. The molecule has 0 aliphatic heterocycles. The molecule has 146 valence electrons. The second-order valence-corrected chi connectivity index (χ2v) is 5.89. The molecule has 3 aromatic carbocycles. The third-order valence-electron chi connectivity index (χ3n) is 4.54. The van der Waals surface area contributed by atoms with Crippen LogP contribution < -0.4 is 34.5 Å². The zero-order valence-corrected chi connectivity index (χ0v) is 16.2. The van der Waals surface area contributed by atoms with Crippen LogP contribution in [0.3, 0.4) is 0 Å². The summed E-state index contributed by atoms with van der Waals surface area (Å²) in [6.07, 6.45) is 0. The van der Waals surface area contributed by atoms with Crippen LogP contribution in [0.25, 0.3) is 22.3 Å². The highest BCUT2D eigenvalue weighted by molar-refractivity contribution is 5.90. The van der Waals surface area contributed by atoms with Crippen molar-refractivity contribution in [2.24, 2.45) is 0 Å². The van der Waals surface area contributed by atoms with Gasteiger partial charge in [-0.15, -0.1) is 0 Å². The van der Waals surface area contributed by atoms with E-state index in [-0.39, 0.29) is 11.1 Å². The van der Waals surface area contributed by atoms with E-state index in [4.69, 9.17) is 23.7 Å². The largest absolute Gasteiger partial charge is 0.497 e. The molecule has 0 aromatic heterocycles. The average molecular weight is 384 g/mol. The molecule has 0 heterocycles. The van der Waals surface area contributed by atoms with Gasteiger partial charge in [-0.2, -0.15) is 0 Å². The SMILES string of the molecule is COc1ccc(-c2c(-c3cc(OC)c(OC)c(OC)c3)c(=O)c2=O)c(OC)c1. The van der Waals surface area contributed by atoms with E-state index in [2.05, 4.69) is 0 Å².